The smallest absolute Gasteiger partial charge is 0.124 e. The topological polar surface area (TPSA) is 25.4 Å². The summed E-state index contributed by atoms with van der Waals surface area (Å²) in [5.74, 6) is 0.928. The molecule has 1 aromatic heterocycles. The average molecular weight is 282 g/mol. The van der Waals surface area contributed by atoms with E-state index in [1.807, 2.05) is 36.5 Å². The van der Waals surface area contributed by atoms with Crippen molar-refractivity contribution in [1.29, 1.82) is 0 Å². The third-order valence-corrected chi connectivity index (χ3v) is 3.28. The number of rotatable bonds is 8. The summed E-state index contributed by atoms with van der Waals surface area (Å²) in [6, 6.07) is 14.2. The summed E-state index contributed by atoms with van der Waals surface area (Å²) in [5, 5.41) is 0. The molecule has 2 rings (SSSR count). The molecular weight excluding hydrogens is 260 g/mol. The van der Waals surface area contributed by atoms with Crippen LogP contribution in [0.4, 0.5) is 0 Å². The molecule has 0 spiro atoms. The van der Waals surface area contributed by atoms with E-state index in [-0.39, 0.29) is 0 Å². The van der Waals surface area contributed by atoms with Crippen LogP contribution in [-0.2, 0) is 13.1 Å². The lowest BCUT2D eigenvalue weighted by atomic mass is 10.2. The van der Waals surface area contributed by atoms with E-state index in [9.17, 15) is 0 Å². The third kappa shape index (κ3) is 4.72. The Labute approximate surface area is 126 Å². The van der Waals surface area contributed by atoms with Gasteiger partial charge in [-0.1, -0.05) is 43.8 Å². The molecule has 3 heteroatoms. The fraction of sp³-hybridized carbons (Fsp3) is 0.278. The van der Waals surface area contributed by atoms with Gasteiger partial charge in [-0.2, -0.15) is 0 Å². The Morgan fingerprint density at radius 3 is 2.67 bits per heavy atom. The predicted octanol–water partition coefficient (Wildman–Crippen LogP) is 3.67. The van der Waals surface area contributed by atoms with Crippen LogP contribution in [0.25, 0.3) is 0 Å². The van der Waals surface area contributed by atoms with Gasteiger partial charge < -0.3 is 4.74 Å². The fourth-order valence-electron chi connectivity index (χ4n) is 2.17. The largest absolute Gasteiger partial charge is 0.489 e. The molecule has 1 heterocycles. The summed E-state index contributed by atoms with van der Waals surface area (Å²) in [5.41, 5.74) is 2.28. The Morgan fingerprint density at radius 1 is 1.14 bits per heavy atom. The first-order chi connectivity index (χ1) is 10.3. The first-order valence-corrected chi connectivity index (χ1v) is 7.27. The van der Waals surface area contributed by atoms with Crippen molar-refractivity contribution < 1.29 is 4.74 Å². The van der Waals surface area contributed by atoms with Gasteiger partial charge in [0.25, 0.3) is 0 Å². The van der Waals surface area contributed by atoms with Gasteiger partial charge in [-0.05, 0) is 24.7 Å². The monoisotopic (exact) mass is 282 g/mol. The van der Waals surface area contributed by atoms with E-state index in [1.165, 1.54) is 5.56 Å². The number of hydrogen-bond donors (Lipinski definition) is 0. The Hall–Kier alpha value is -2.13. The lowest BCUT2D eigenvalue weighted by molar-refractivity contribution is 0.261. The Morgan fingerprint density at radius 2 is 1.95 bits per heavy atom. The van der Waals surface area contributed by atoms with Crippen molar-refractivity contribution in [2.75, 3.05) is 13.2 Å². The molecule has 0 aliphatic rings. The summed E-state index contributed by atoms with van der Waals surface area (Å²) in [4.78, 5) is 6.74. The minimum Gasteiger partial charge on any atom is -0.489 e. The molecule has 0 N–H and O–H groups in total. The number of pyridine rings is 1. The van der Waals surface area contributed by atoms with Crippen LogP contribution in [0.1, 0.15) is 18.2 Å². The number of ether oxygens (including phenoxy) is 1. The second-order valence-corrected chi connectivity index (χ2v) is 4.83. The van der Waals surface area contributed by atoms with Crippen molar-refractivity contribution >= 4 is 0 Å². The molecule has 2 aromatic rings. The van der Waals surface area contributed by atoms with Crippen LogP contribution in [0.2, 0.25) is 0 Å². The second-order valence-electron chi connectivity index (χ2n) is 4.83. The van der Waals surface area contributed by atoms with Crippen LogP contribution in [-0.4, -0.2) is 23.0 Å². The minimum atomic E-state index is 0.531. The fourth-order valence-corrected chi connectivity index (χ4v) is 2.17. The van der Waals surface area contributed by atoms with Crippen LogP contribution >= 0.6 is 0 Å². The number of benzene rings is 1. The van der Waals surface area contributed by atoms with Gasteiger partial charge in [0.15, 0.2) is 0 Å². The zero-order valence-corrected chi connectivity index (χ0v) is 12.5. The van der Waals surface area contributed by atoms with Gasteiger partial charge in [-0.25, -0.2) is 0 Å². The van der Waals surface area contributed by atoms with E-state index in [0.717, 1.165) is 31.1 Å². The first kappa shape index (κ1) is 15.3. The van der Waals surface area contributed by atoms with E-state index < -0.39 is 0 Å². The van der Waals surface area contributed by atoms with Crippen LogP contribution in [0.3, 0.4) is 0 Å². The van der Waals surface area contributed by atoms with Crippen molar-refractivity contribution in [3.05, 3.63) is 72.6 Å². The summed E-state index contributed by atoms with van der Waals surface area (Å²) in [6.07, 6.45) is 3.60. The SMILES string of the molecule is C=CCOc1ccccc1CN(CC)Cc1ccccn1. The summed E-state index contributed by atoms with van der Waals surface area (Å²) in [6.45, 7) is 9.04. The standard InChI is InChI=1S/C18H22N2O/c1-3-13-21-18-11-6-5-9-16(18)14-20(4-2)15-17-10-7-8-12-19-17/h3,5-12H,1,4,13-15H2,2H3. The maximum atomic E-state index is 5.72. The molecule has 1 aromatic carbocycles. The van der Waals surface area contributed by atoms with Gasteiger partial charge in [0.2, 0.25) is 0 Å². The van der Waals surface area contributed by atoms with Crippen molar-refractivity contribution in [3.63, 3.8) is 0 Å². The van der Waals surface area contributed by atoms with Crippen LogP contribution in [0.5, 0.6) is 5.75 Å². The molecule has 0 saturated carbocycles. The van der Waals surface area contributed by atoms with Gasteiger partial charge in [0.1, 0.15) is 12.4 Å². The lowest BCUT2D eigenvalue weighted by Crippen LogP contribution is -2.23. The maximum Gasteiger partial charge on any atom is 0.124 e. The maximum absolute atomic E-state index is 5.72. The Bertz CT molecular complexity index is 554. The van der Waals surface area contributed by atoms with Crippen molar-refractivity contribution in [3.8, 4) is 5.75 Å². The zero-order chi connectivity index (χ0) is 14.9. The van der Waals surface area contributed by atoms with E-state index in [0.29, 0.717) is 6.61 Å². The van der Waals surface area contributed by atoms with Gasteiger partial charge in [-0.15, -0.1) is 0 Å². The normalized spacial score (nSPS) is 10.6. The Balaban J connectivity index is 2.06. The van der Waals surface area contributed by atoms with Gasteiger partial charge in [-0.3, -0.25) is 9.88 Å². The van der Waals surface area contributed by atoms with Gasteiger partial charge in [0.05, 0.1) is 5.69 Å². The highest BCUT2D eigenvalue weighted by Crippen LogP contribution is 2.20. The highest BCUT2D eigenvalue weighted by molar-refractivity contribution is 5.33. The van der Waals surface area contributed by atoms with Gasteiger partial charge in [0, 0.05) is 24.8 Å². The molecule has 0 atom stereocenters. The number of aromatic nitrogens is 1. The minimum absolute atomic E-state index is 0.531. The molecule has 0 saturated heterocycles. The molecule has 0 unspecified atom stereocenters. The lowest BCUT2D eigenvalue weighted by Gasteiger charge is -2.21. The quantitative estimate of drug-likeness (QED) is 0.691. The molecule has 0 bridgehead atoms. The van der Waals surface area contributed by atoms with Crippen LogP contribution in [0.15, 0.2) is 61.3 Å². The zero-order valence-electron chi connectivity index (χ0n) is 12.5. The summed E-state index contributed by atoms with van der Waals surface area (Å²) >= 11 is 0. The van der Waals surface area contributed by atoms with E-state index >= 15 is 0 Å². The molecule has 0 radical (unpaired) electrons. The van der Waals surface area contributed by atoms with E-state index in [1.54, 1.807) is 6.08 Å². The van der Waals surface area contributed by atoms with Crippen LogP contribution in [0, 0.1) is 0 Å². The molecule has 0 aliphatic carbocycles. The molecular formula is C18H22N2O. The average Bonchev–Trinajstić information content (AvgIpc) is 2.54. The number of nitrogens with zero attached hydrogens (tertiary/aromatic N) is 2. The number of hydrogen-bond acceptors (Lipinski definition) is 3. The molecule has 110 valence electrons. The first-order valence-electron chi connectivity index (χ1n) is 7.27. The van der Waals surface area contributed by atoms with E-state index in [4.69, 9.17) is 4.74 Å². The molecule has 0 fully saturated rings. The molecule has 0 aliphatic heterocycles. The second kappa shape index (κ2) is 8.22. The Kier molecular flexibility index (Phi) is 5.98. The van der Waals surface area contributed by atoms with Crippen molar-refractivity contribution in [2.24, 2.45) is 0 Å². The van der Waals surface area contributed by atoms with Gasteiger partial charge >= 0.3 is 0 Å². The third-order valence-electron chi connectivity index (χ3n) is 3.28. The molecule has 21 heavy (non-hydrogen) atoms. The predicted molar refractivity (Wildman–Crippen MR) is 86.2 cm³/mol. The summed E-state index contributed by atoms with van der Waals surface area (Å²) < 4.78 is 5.72. The van der Waals surface area contributed by atoms with Crippen LogP contribution < -0.4 is 4.74 Å². The highest BCUT2D eigenvalue weighted by atomic mass is 16.5. The van der Waals surface area contributed by atoms with E-state index in [2.05, 4.69) is 35.5 Å². The molecule has 0 amide bonds. The highest BCUT2D eigenvalue weighted by Gasteiger charge is 2.09. The van der Waals surface area contributed by atoms with Crippen molar-refractivity contribution in [1.82, 2.24) is 9.88 Å². The molecule has 3 nitrogen and oxygen atoms in total. The van der Waals surface area contributed by atoms with Crippen molar-refractivity contribution in [2.45, 2.75) is 20.0 Å². The summed E-state index contributed by atoms with van der Waals surface area (Å²) in [7, 11) is 0. The number of para-hydroxylation sites is 1.